The average molecular weight is 240 g/mol. The van der Waals surface area contributed by atoms with Crippen LogP contribution in [0, 0.1) is 12.3 Å². The van der Waals surface area contributed by atoms with Gasteiger partial charge in [0, 0.05) is 18.1 Å². The van der Waals surface area contributed by atoms with Crippen molar-refractivity contribution in [2.24, 2.45) is 5.41 Å². The van der Waals surface area contributed by atoms with Crippen molar-refractivity contribution in [3.05, 3.63) is 5.82 Å². The summed E-state index contributed by atoms with van der Waals surface area (Å²) in [5.41, 5.74) is -0.322. The third-order valence-corrected chi connectivity index (χ3v) is 3.62. The van der Waals surface area contributed by atoms with Crippen molar-refractivity contribution in [2.45, 2.75) is 26.7 Å². The molecule has 1 aliphatic heterocycles. The molecule has 0 radical (unpaired) electrons. The first-order valence-corrected chi connectivity index (χ1v) is 6.20. The Morgan fingerprint density at radius 1 is 1.62 bits per heavy atom. The Balaban J connectivity index is 2.01. The molecule has 2 rings (SSSR count). The molecule has 0 saturated carbocycles. The summed E-state index contributed by atoms with van der Waals surface area (Å²) in [5.74, 6) is 0.739. The highest BCUT2D eigenvalue weighted by atomic mass is 32.1. The number of hydrogen-bond donors (Lipinski definition) is 2. The highest BCUT2D eigenvalue weighted by Gasteiger charge is 2.34. The van der Waals surface area contributed by atoms with Crippen LogP contribution >= 0.6 is 11.5 Å². The fourth-order valence-corrected chi connectivity index (χ4v) is 2.42. The number of nitrogens with zero attached hydrogens (tertiary/aromatic N) is 2. The molecule has 0 aliphatic carbocycles. The van der Waals surface area contributed by atoms with Crippen molar-refractivity contribution in [1.29, 1.82) is 0 Å². The van der Waals surface area contributed by atoms with Gasteiger partial charge >= 0.3 is 0 Å². The second kappa shape index (κ2) is 4.47. The van der Waals surface area contributed by atoms with Gasteiger partial charge in [-0.1, -0.05) is 0 Å². The Morgan fingerprint density at radius 3 is 3.00 bits per heavy atom. The van der Waals surface area contributed by atoms with E-state index in [1.807, 2.05) is 13.8 Å². The van der Waals surface area contributed by atoms with E-state index in [2.05, 4.69) is 20.0 Å². The van der Waals surface area contributed by atoms with Gasteiger partial charge in [-0.15, -0.1) is 0 Å². The average Bonchev–Trinajstić information content (AvgIpc) is 2.65. The van der Waals surface area contributed by atoms with Crippen LogP contribution < -0.4 is 10.6 Å². The van der Waals surface area contributed by atoms with E-state index in [9.17, 15) is 4.79 Å². The van der Waals surface area contributed by atoms with Gasteiger partial charge in [0.25, 0.3) is 0 Å². The number of nitrogens with one attached hydrogen (secondary N) is 2. The monoisotopic (exact) mass is 240 g/mol. The second-order valence-electron chi connectivity index (χ2n) is 4.44. The number of aromatic nitrogens is 2. The van der Waals surface area contributed by atoms with Gasteiger partial charge in [-0.25, -0.2) is 4.98 Å². The molecule has 0 unspecified atom stereocenters. The number of amides is 1. The lowest BCUT2D eigenvalue weighted by Gasteiger charge is -2.32. The molecular formula is C10H16N4OS. The van der Waals surface area contributed by atoms with Crippen LogP contribution in [0.15, 0.2) is 0 Å². The first-order chi connectivity index (χ1) is 7.60. The van der Waals surface area contributed by atoms with E-state index in [1.165, 1.54) is 11.5 Å². The lowest BCUT2D eigenvalue weighted by atomic mass is 9.82. The summed E-state index contributed by atoms with van der Waals surface area (Å²) in [7, 11) is 0. The molecule has 6 heteroatoms. The third-order valence-electron chi connectivity index (χ3n) is 2.89. The molecule has 1 aromatic rings. The predicted molar refractivity (Wildman–Crippen MR) is 63.5 cm³/mol. The molecule has 0 aromatic carbocycles. The summed E-state index contributed by atoms with van der Waals surface area (Å²) < 4.78 is 4.04. The van der Waals surface area contributed by atoms with Gasteiger partial charge in [0.15, 0.2) is 0 Å². The number of carbonyl (C=O) groups excluding carboxylic acids is 1. The molecule has 16 heavy (non-hydrogen) atoms. The molecule has 1 aromatic heterocycles. The zero-order valence-corrected chi connectivity index (χ0v) is 10.4. The Morgan fingerprint density at radius 2 is 2.44 bits per heavy atom. The van der Waals surface area contributed by atoms with Gasteiger partial charge in [-0.3, -0.25) is 4.79 Å². The maximum atomic E-state index is 12.1. The minimum atomic E-state index is -0.322. The number of carbonyl (C=O) groups is 1. The fourth-order valence-electron chi connectivity index (χ4n) is 1.85. The molecule has 2 heterocycles. The minimum Gasteiger partial charge on any atom is -0.316 e. The van der Waals surface area contributed by atoms with Crippen molar-refractivity contribution in [1.82, 2.24) is 14.7 Å². The summed E-state index contributed by atoms with van der Waals surface area (Å²) in [6.45, 7) is 5.54. The number of piperidine rings is 1. The Bertz CT molecular complexity index is 384. The molecule has 1 atom stereocenters. The molecule has 1 fully saturated rings. The molecule has 1 saturated heterocycles. The molecule has 0 spiro atoms. The lowest BCUT2D eigenvalue weighted by molar-refractivity contribution is -0.125. The molecule has 88 valence electrons. The van der Waals surface area contributed by atoms with Crippen LogP contribution in [0.2, 0.25) is 0 Å². The quantitative estimate of drug-likeness (QED) is 0.814. The topological polar surface area (TPSA) is 66.9 Å². The van der Waals surface area contributed by atoms with E-state index in [4.69, 9.17) is 0 Å². The Kier molecular flexibility index (Phi) is 3.20. The van der Waals surface area contributed by atoms with E-state index >= 15 is 0 Å². The summed E-state index contributed by atoms with van der Waals surface area (Å²) in [4.78, 5) is 16.2. The number of aryl methyl sites for hydroxylation is 1. The maximum Gasteiger partial charge on any atom is 0.233 e. The second-order valence-corrected chi connectivity index (χ2v) is 5.19. The molecule has 0 bridgehead atoms. The predicted octanol–water partition coefficient (Wildman–Crippen LogP) is 1.17. The Hall–Kier alpha value is -1.01. The first kappa shape index (κ1) is 11.5. The molecule has 5 nitrogen and oxygen atoms in total. The van der Waals surface area contributed by atoms with Crippen LogP contribution in [-0.2, 0) is 4.79 Å². The largest absolute Gasteiger partial charge is 0.316 e. The first-order valence-electron chi connectivity index (χ1n) is 5.43. The van der Waals surface area contributed by atoms with Gasteiger partial charge in [0.2, 0.25) is 11.0 Å². The lowest BCUT2D eigenvalue weighted by Crippen LogP contribution is -2.46. The number of rotatable bonds is 2. The molecule has 1 aliphatic rings. The van der Waals surface area contributed by atoms with E-state index in [0.29, 0.717) is 11.0 Å². The van der Waals surface area contributed by atoms with Gasteiger partial charge in [0.05, 0.1) is 5.41 Å². The summed E-state index contributed by atoms with van der Waals surface area (Å²) >= 11 is 1.23. The Labute approximate surface area is 98.8 Å². The SMILES string of the molecule is Cc1nsc(NC(=O)[C@]2(C)CCCNC2)n1. The van der Waals surface area contributed by atoms with Crippen LogP contribution in [0.1, 0.15) is 25.6 Å². The minimum absolute atomic E-state index is 0.0378. The van der Waals surface area contributed by atoms with Crippen LogP contribution in [0.4, 0.5) is 5.13 Å². The van der Waals surface area contributed by atoms with Crippen molar-refractivity contribution >= 4 is 22.6 Å². The molecular weight excluding hydrogens is 224 g/mol. The normalized spacial score (nSPS) is 25.4. The standard InChI is InChI=1S/C10H16N4OS/c1-7-12-9(16-14-7)13-8(15)10(2)4-3-5-11-6-10/h11H,3-6H2,1-2H3,(H,12,13,14,15)/t10-/m1/s1. The van der Waals surface area contributed by atoms with Gasteiger partial charge in [-0.2, -0.15) is 4.37 Å². The third kappa shape index (κ3) is 2.38. The van der Waals surface area contributed by atoms with Crippen LogP contribution in [-0.4, -0.2) is 28.4 Å². The van der Waals surface area contributed by atoms with Crippen LogP contribution in [0.5, 0.6) is 0 Å². The zero-order chi connectivity index (χ0) is 11.6. The summed E-state index contributed by atoms with van der Waals surface area (Å²) in [6.07, 6.45) is 1.96. The smallest absolute Gasteiger partial charge is 0.233 e. The van der Waals surface area contributed by atoms with Gasteiger partial charge in [-0.05, 0) is 33.2 Å². The fraction of sp³-hybridized carbons (Fsp3) is 0.700. The van der Waals surface area contributed by atoms with Gasteiger partial charge in [0.1, 0.15) is 5.82 Å². The van der Waals surface area contributed by atoms with Crippen molar-refractivity contribution in [3.8, 4) is 0 Å². The molecule has 1 amide bonds. The highest BCUT2D eigenvalue weighted by molar-refractivity contribution is 7.09. The van der Waals surface area contributed by atoms with Crippen LogP contribution in [0.25, 0.3) is 0 Å². The van der Waals surface area contributed by atoms with Gasteiger partial charge < -0.3 is 10.6 Å². The summed E-state index contributed by atoms with van der Waals surface area (Å²) in [6, 6.07) is 0. The van der Waals surface area contributed by atoms with Crippen LogP contribution in [0.3, 0.4) is 0 Å². The van der Waals surface area contributed by atoms with E-state index in [1.54, 1.807) is 0 Å². The maximum absolute atomic E-state index is 12.1. The van der Waals surface area contributed by atoms with Crippen molar-refractivity contribution in [2.75, 3.05) is 18.4 Å². The van der Waals surface area contributed by atoms with Crippen molar-refractivity contribution < 1.29 is 4.79 Å². The highest BCUT2D eigenvalue weighted by Crippen LogP contribution is 2.27. The zero-order valence-electron chi connectivity index (χ0n) is 9.54. The number of anilines is 1. The number of hydrogen-bond acceptors (Lipinski definition) is 5. The van der Waals surface area contributed by atoms with Crippen molar-refractivity contribution in [3.63, 3.8) is 0 Å². The van der Waals surface area contributed by atoms with E-state index in [0.717, 1.165) is 25.9 Å². The molecule has 2 N–H and O–H groups in total. The van der Waals surface area contributed by atoms with E-state index in [-0.39, 0.29) is 11.3 Å². The summed E-state index contributed by atoms with van der Waals surface area (Å²) in [5, 5.41) is 6.68. The van der Waals surface area contributed by atoms with E-state index < -0.39 is 0 Å².